The van der Waals surface area contributed by atoms with Crippen LogP contribution in [0.2, 0.25) is 0 Å². The average molecular weight is 227 g/mol. The van der Waals surface area contributed by atoms with Gasteiger partial charge in [-0.1, -0.05) is 39.0 Å². The second-order valence-electron chi connectivity index (χ2n) is 4.55. The minimum atomic E-state index is -0.176. The molecule has 0 aromatic rings. The van der Waals surface area contributed by atoms with E-state index in [1.807, 2.05) is 0 Å². The van der Waals surface area contributed by atoms with Crippen molar-refractivity contribution < 1.29 is 9.53 Å². The third kappa shape index (κ3) is 5.61. The van der Waals surface area contributed by atoms with Crippen LogP contribution in [0.1, 0.15) is 51.9 Å². The molecule has 1 unspecified atom stereocenters. The quantitative estimate of drug-likeness (QED) is 0.647. The van der Waals surface area contributed by atoms with E-state index in [0.717, 1.165) is 13.0 Å². The van der Waals surface area contributed by atoms with Crippen molar-refractivity contribution in [3.63, 3.8) is 0 Å². The summed E-state index contributed by atoms with van der Waals surface area (Å²) in [5.41, 5.74) is 0. The molecular formula is C13H25NO2. The fourth-order valence-electron chi connectivity index (χ4n) is 2.01. The largest absolute Gasteiger partial charge is 0.368 e. The van der Waals surface area contributed by atoms with E-state index in [2.05, 4.69) is 12.2 Å². The number of hydrogen-bond donors (Lipinski definition) is 1. The molecule has 0 bridgehead atoms. The first kappa shape index (κ1) is 13.7. The van der Waals surface area contributed by atoms with Crippen LogP contribution in [0, 0.1) is 0 Å². The van der Waals surface area contributed by atoms with Crippen molar-refractivity contribution in [2.75, 3.05) is 19.7 Å². The molecule has 1 fully saturated rings. The number of rotatable bonds is 8. The predicted molar refractivity (Wildman–Crippen MR) is 65.6 cm³/mol. The normalized spacial score (nSPS) is 20.9. The average Bonchev–Trinajstić information content (AvgIpc) is 2.34. The molecule has 0 aliphatic carbocycles. The molecule has 1 saturated heterocycles. The van der Waals surface area contributed by atoms with E-state index in [4.69, 9.17) is 4.74 Å². The van der Waals surface area contributed by atoms with Gasteiger partial charge in [-0.3, -0.25) is 4.79 Å². The Hall–Kier alpha value is -0.410. The highest BCUT2D eigenvalue weighted by molar-refractivity contribution is 5.83. The summed E-state index contributed by atoms with van der Waals surface area (Å²) in [5.74, 6) is 0.280. The van der Waals surface area contributed by atoms with Gasteiger partial charge >= 0.3 is 0 Å². The molecule has 3 nitrogen and oxygen atoms in total. The maximum absolute atomic E-state index is 11.7. The number of hydrogen-bond acceptors (Lipinski definition) is 3. The lowest BCUT2D eigenvalue weighted by molar-refractivity contribution is -0.132. The Kier molecular flexibility index (Phi) is 7.43. The van der Waals surface area contributed by atoms with Crippen LogP contribution in [-0.2, 0) is 9.53 Å². The Labute approximate surface area is 98.9 Å². The number of carbonyl (C=O) groups excluding carboxylic acids is 1. The van der Waals surface area contributed by atoms with Crippen LogP contribution in [0.5, 0.6) is 0 Å². The summed E-state index contributed by atoms with van der Waals surface area (Å²) in [6.07, 6.45) is 7.91. The molecule has 0 spiro atoms. The maximum atomic E-state index is 11.7. The first-order valence-electron chi connectivity index (χ1n) is 6.69. The first-order valence-corrected chi connectivity index (χ1v) is 6.69. The van der Waals surface area contributed by atoms with Gasteiger partial charge in [0, 0.05) is 19.5 Å². The summed E-state index contributed by atoms with van der Waals surface area (Å²) in [4.78, 5) is 11.7. The zero-order valence-electron chi connectivity index (χ0n) is 10.5. The van der Waals surface area contributed by atoms with Crippen molar-refractivity contribution in [3.8, 4) is 0 Å². The second-order valence-corrected chi connectivity index (χ2v) is 4.55. The topological polar surface area (TPSA) is 38.3 Å². The molecular weight excluding hydrogens is 202 g/mol. The van der Waals surface area contributed by atoms with Gasteiger partial charge in [-0.2, -0.15) is 0 Å². The van der Waals surface area contributed by atoms with Crippen LogP contribution in [0.3, 0.4) is 0 Å². The van der Waals surface area contributed by atoms with Crippen LogP contribution in [0.4, 0.5) is 0 Å². The zero-order valence-corrected chi connectivity index (χ0v) is 10.5. The predicted octanol–water partition coefficient (Wildman–Crippen LogP) is 2.29. The van der Waals surface area contributed by atoms with Crippen molar-refractivity contribution in [1.82, 2.24) is 5.32 Å². The minimum Gasteiger partial charge on any atom is -0.368 e. The summed E-state index contributed by atoms with van der Waals surface area (Å²) in [6, 6.07) is 0. The van der Waals surface area contributed by atoms with E-state index in [1.54, 1.807) is 0 Å². The standard InChI is InChI=1S/C13H25NO2/c1-2-3-4-5-6-7-8-12(15)13-11-14-9-10-16-13/h13-14H,2-11H2,1H3. The first-order chi connectivity index (χ1) is 7.84. The highest BCUT2D eigenvalue weighted by Crippen LogP contribution is 2.09. The summed E-state index contributed by atoms with van der Waals surface area (Å²) in [7, 11) is 0. The Morgan fingerprint density at radius 3 is 2.69 bits per heavy atom. The van der Waals surface area contributed by atoms with Crippen LogP contribution < -0.4 is 5.32 Å². The highest BCUT2D eigenvalue weighted by atomic mass is 16.5. The third-order valence-corrected chi connectivity index (χ3v) is 3.06. The lowest BCUT2D eigenvalue weighted by atomic mass is 10.0. The number of Topliss-reactive ketones (excluding diaryl/α,β-unsaturated/α-hetero) is 1. The van der Waals surface area contributed by atoms with Crippen molar-refractivity contribution >= 4 is 5.78 Å². The Morgan fingerprint density at radius 1 is 1.25 bits per heavy atom. The lowest BCUT2D eigenvalue weighted by Gasteiger charge is -2.22. The van der Waals surface area contributed by atoms with Gasteiger partial charge in [0.25, 0.3) is 0 Å². The Morgan fingerprint density at radius 2 is 2.00 bits per heavy atom. The number of morpholine rings is 1. The summed E-state index contributed by atoms with van der Waals surface area (Å²) in [5, 5.41) is 3.19. The molecule has 1 aliphatic heterocycles. The van der Waals surface area contributed by atoms with E-state index < -0.39 is 0 Å². The molecule has 1 aliphatic rings. The smallest absolute Gasteiger partial charge is 0.162 e. The van der Waals surface area contributed by atoms with E-state index in [0.29, 0.717) is 19.6 Å². The van der Waals surface area contributed by atoms with E-state index in [1.165, 1.54) is 32.1 Å². The number of carbonyl (C=O) groups is 1. The van der Waals surface area contributed by atoms with Crippen LogP contribution in [0.15, 0.2) is 0 Å². The van der Waals surface area contributed by atoms with Gasteiger partial charge in [-0.15, -0.1) is 0 Å². The number of ketones is 1. The monoisotopic (exact) mass is 227 g/mol. The molecule has 0 aromatic carbocycles. The summed E-state index contributed by atoms with van der Waals surface area (Å²) < 4.78 is 5.42. The van der Waals surface area contributed by atoms with Crippen LogP contribution >= 0.6 is 0 Å². The second kappa shape index (κ2) is 8.71. The Balaban J connectivity index is 1.97. The number of nitrogens with one attached hydrogen (secondary N) is 1. The molecule has 1 heterocycles. The molecule has 16 heavy (non-hydrogen) atoms. The van der Waals surface area contributed by atoms with Crippen LogP contribution in [0.25, 0.3) is 0 Å². The summed E-state index contributed by atoms with van der Waals surface area (Å²) in [6.45, 7) is 4.47. The third-order valence-electron chi connectivity index (χ3n) is 3.06. The number of unbranched alkanes of at least 4 members (excludes halogenated alkanes) is 5. The van der Waals surface area contributed by atoms with E-state index in [-0.39, 0.29) is 11.9 Å². The fourth-order valence-corrected chi connectivity index (χ4v) is 2.01. The van der Waals surface area contributed by atoms with E-state index >= 15 is 0 Å². The molecule has 3 heteroatoms. The van der Waals surface area contributed by atoms with Gasteiger partial charge < -0.3 is 10.1 Å². The molecule has 0 saturated carbocycles. The zero-order chi connectivity index (χ0) is 11.6. The lowest BCUT2D eigenvalue weighted by Crippen LogP contribution is -2.43. The molecule has 1 rings (SSSR count). The van der Waals surface area contributed by atoms with Crippen LogP contribution in [-0.4, -0.2) is 31.6 Å². The minimum absolute atomic E-state index is 0.176. The molecule has 1 N–H and O–H groups in total. The summed E-state index contributed by atoms with van der Waals surface area (Å²) >= 11 is 0. The van der Waals surface area contributed by atoms with Gasteiger partial charge in [0.2, 0.25) is 0 Å². The molecule has 0 radical (unpaired) electrons. The highest BCUT2D eigenvalue weighted by Gasteiger charge is 2.20. The number of ether oxygens (including phenoxy) is 1. The van der Waals surface area contributed by atoms with Gasteiger partial charge in [-0.05, 0) is 6.42 Å². The van der Waals surface area contributed by atoms with Crippen molar-refractivity contribution in [1.29, 1.82) is 0 Å². The van der Waals surface area contributed by atoms with Gasteiger partial charge in [-0.25, -0.2) is 0 Å². The fraction of sp³-hybridized carbons (Fsp3) is 0.923. The van der Waals surface area contributed by atoms with Gasteiger partial charge in [0.05, 0.1) is 6.61 Å². The van der Waals surface area contributed by atoms with Crippen molar-refractivity contribution in [2.24, 2.45) is 0 Å². The SMILES string of the molecule is CCCCCCCCC(=O)C1CNCCO1. The maximum Gasteiger partial charge on any atom is 0.162 e. The molecule has 1 atom stereocenters. The van der Waals surface area contributed by atoms with Crippen molar-refractivity contribution in [2.45, 2.75) is 58.0 Å². The van der Waals surface area contributed by atoms with E-state index in [9.17, 15) is 4.79 Å². The van der Waals surface area contributed by atoms with Gasteiger partial charge in [0.15, 0.2) is 5.78 Å². The molecule has 94 valence electrons. The molecule has 0 aromatic heterocycles. The van der Waals surface area contributed by atoms with Crippen molar-refractivity contribution in [3.05, 3.63) is 0 Å². The molecule has 0 amide bonds. The Bertz CT molecular complexity index is 188. The van der Waals surface area contributed by atoms with Gasteiger partial charge in [0.1, 0.15) is 6.10 Å².